The van der Waals surface area contributed by atoms with Gasteiger partial charge in [-0.15, -0.1) is 0 Å². The molecule has 0 spiro atoms. The third-order valence-corrected chi connectivity index (χ3v) is 3.76. The molecular weight excluding hydrogens is 216 g/mol. The fourth-order valence-corrected chi connectivity index (χ4v) is 2.87. The van der Waals surface area contributed by atoms with Crippen LogP contribution in [0.2, 0.25) is 0 Å². The van der Waals surface area contributed by atoms with E-state index in [0.717, 1.165) is 12.2 Å². The summed E-state index contributed by atoms with van der Waals surface area (Å²) in [6, 6.07) is 1.42. The van der Waals surface area contributed by atoms with Gasteiger partial charge < -0.3 is 9.64 Å². The number of aromatic nitrogens is 2. The van der Waals surface area contributed by atoms with Crippen molar-refractivity contribution in [1.29, 1.82) is 0 Å². The van der Waals surface area contributed by atoms with E-state index in [1.165, 1.54) is 19.5 Å². The number of rotatable bonds is 3. The van der Waals surface area contributed by atoms with Gasteiger partial charge in [-0.05, 0) is 13.5 Å². The number of hydrogen-bond donors (Lipinski definition) is 0. The molecule has 2 unspecified atom stereocenters. The molecule has 2 aliphatic rings. The van der Waals surface area contributed by atoms with Gasteiger partial charge in [0, 0.05) is 31.7 Å². The average molecular weight is 234 g/mol. The maximum Gasteiger partial charge on any atom is 0.231 e. The highest BCUT2D eigenvalue weighted by Gasteiger charge is 2.43. The highest BCUT2D eigenvalue weighted by atomic mass is 16.5. The molecule has 2 bridgehead atoms. The third-order valence-electron chi connectivity index (χ3n) is 3.76. The summed E-state index contributed by atoms with van der Waals surface area (Å²) < 4.78 is 5.01. The minimum atomic E-state index is 0.581. The van der Waals surface area contributed by atoms with Crippen molar-refractivity contribution in [2.45, 2.75) is 25.0 Å². The second-order valence-electron chi connectivity index (χ2n) is 4.99. The normalized spacial score (nSPS) is 28.8. The monoisotopic (exact) mass is 234 g/mol. The lowest BCUT2D eigenvalue weighted by Crippen LogP contribution is -2.67. The molecule has 0 amide bonds. The van der Waals surface area contributed by atoms with E-state index in [-0.39, 0.29) is 0 Å². The molecule has 2 aliphatic heterocycles. The minimum Gasteiger partial charge on any atom is -0.480 e. The van der Waals surface area contributed by atoms with Crippen LogP contribution in [0.25, 0.3) is 0 Å². The van der Waals surface area contributed by atoms with Crippen LogP contribution >= 0.6 is 0 Å². The number of nitrogens with zero attached hydrogens (tertiary/aromatic N) is 4. The molecule has 92 valence electrons. The molecule has 3 rings (SSSR count). The van der Waals surface area contributed by atoms with E-state index in [1.54, 1.807) is 13.3 Å². The summed E-state index contributed by atoms with van der Waals surface area (Å²) in [5, 5.41) is 0. The van der Waals surface area contributed by atoms with Crippen LogP contribution in [0, 0.1) is 0 Å². The van der Waals surface area contributed by atoms with Gasteiger partial charge in [0.1, 0.15) is 0 Å². The van der Waals surface area contributed by atoms with Gasteiger partial charge in [0.2, 0.25) is 5.88 Å². The fourth-order valence-electron chi connectivity index (χ4n) is 2.87. The first-order valence-corrected chi connectivity index (χ1v) is 6.05. The molecule has 17 heavy (non-hydrogen) atoms. The topological polar surface area (TPSA) is 41.5 Å². The van der Waals surface area contributed by atoms with Gasteiger partial charge in [0.25, 0.3) is 0 Å². The summed E-state index contributed by atoms with van der Waals surface area (Å²) in [4.78, 5) is 13.5. The van der Waals surface area contributed by atoms with E-state index >= 15 is 0 Å². The summed E-state index contributed by atoms with van der Waals surface area (Å²) in [7, 11) is 3.81. The Kier molecular flexibility index (Phi) is 2.72. The zero-order valence-electron chi connectivity index (χ0n) is 10.3. The van der Waals surface area contributed by atoms with Crippen LogP contribution < -0.4 is 4.74 Å². The average Bonchev–Trinajstić information content (AvgIpc) is 2.36. The number of ether oxygens (including phenoxy) is 1. The number of likely N-dealkylation sites (tertiary alicyclic amines) is 2. The molecule has 2 saturated heterocycles. The van der Waals surface area contributed by atoms with Gasteiger partial charge in [0.15, 0.2) is 0 Å². The Labute approximate surface area is 101 Å². The number of fused-ring (bicyclic) bond motifs is 2. The summed E-state index contributed by atoms with van der Waals surface area (Å²) in [6.45, 7) is 3.28. The van der Waals surface area contributed by atoms with Crippen LogP contribution in [0.15, 0.2) is 12.4 Å². The van der Waals surface area contributed by atoms with E-state index in [2.05, 4.69) is 26.8 Å². The molecule has 0 N–H and O–H groups in total. The Hall–Kier alpha value is -1.20. The van der Waals surface area contributed by atoms with Crippen molar-refractivity contribution in [2.75, 3.05) is 27.2 Å². The van der Waals surface area contributed by atoms with Gasteiger partial charge in [-0.1, -0.05) is 0 Å². The third kappa shape index (κ3) is 2.00. The minimum absolute atomic E-state index is 0.581. The maximum absolute atomic E-state index is 5.01. The molecular formula is C12H18N4O. The van der Waals surface area contributed by atoms with E-state index in [9.17, 15) is 0 Å². The van der Waals surface area contributed by atoms with Crippen molar-refractivity contribution >= 4 is 0 Å². The first-order chi connectivity index (χ1) is 8.26. The van der Waals surface area contributed by atoms with Gasteiger partial charge in [0.05, 0.1) is 25.2 Å². The molecule has 5 heteroatoms. The van der Waals surface area contributed by atoms with Crippen LogP contribution in [0.5, 0.6) is 5.88 Å². The van der Waals surface area contributed by atoms with E-state index in [4.69, 9.17) is 4.74 Å². The first kappa shape index (κ1) is 10.9. The zero-order valence-corrected chi connectivity index (χ0v) is 10.3. The molecule has 2 atom stereocenters. The second kappa shape index (κ2) is 4.23. The van der Waals surface area contributed by atoms with Crippen LogP contribution in [0.1, 0.15) is 12.1 Å². The lowest BCUT2D eigenvalue weighted by Gasteiger charge is -2.55. The quantitative estimate of drug-likeness (QED) is 0.756. The van der Waals surface area contributed by atoms with E-state index in [1.807, 2.05) is 6.20 Å². The van der Waals surface area contributed by atoms with Gasteiger partial charge in [-0.2, -0.15) is 0 Å². The van der Waals surface area contributed by atoms with Crippen molar-refractivity contribution in [3.63, 3.8) is 0 Å². The molecule has 1 aromatic heterocycles. The van der Waals surface area contributed by atoms with Crippen LogP contribution in [0.3, 0.4) is 0 Å². The number of piperidine rings is 1. The highest BCUT2D eigenvalue weighted by molar-refractivity contribution is 5.09. The zero-order chi connectivity index (χ0) is 11.8. The summed E-state index contributed by atoms with van der Waals surface area (Å²) in [6.07, 6.45) is 4.85. The Morgan fingerprint density at radius 3 is 2.65 bits per heavy atom. The van der Waals surface area contributed by atoms with Crippen molar-refractivity contribution in [3.8, 4) is 5.88 Å². The molecule has 0 aromatic carbocycles. The molecule has 3 heterocycles. The summed E-state index contributed by atoms with van der Waals surface area (Å²) in [5.41, 5.74) is 1.03. The fraction of sp³-hybridized carbons (Fsp3) is 0.667. The molecule has 5 nitrogen and oxygen atoms in total. The molecule has 1 aromatic rings. The lowest BCUT2D eigenvalue weighted by molar-refractivity contribution is -0.0675. The first-order valence-electron chi connectivity index (χ1n) is 6.05. The molecule has 0 radical (unpaired) electrons. The van der Waals surface area contributed by atoms with Crippen molar-refractivity contribution in [2.24, 2.45) is 0 Å². The smallest absolute Gasteiger partial charge is 0.231 e. The lowest BCUT2D eigenvalue weighted by atomic mass is 9.87. The molecule has 0 aliphatic carbocycles. The molecule has 0 saturated carbocycles. The Bertz CT molecular complexity index is 382. The number of piperazine rings is 1. The van der Waals surface area contributed by atoms with E-state index in [0.29, 0.717) is 18.0 Å². The van der Waals surface area contributed by atoms with Crippen LogP contribution in [-0.2, 0) is 6.54 Å². The highest BCUT2D eigenvalue weighted by Crippen LogP contribution is 2.32. The van der Waals surface area contributed by atoms with Crippen LogP contribution in [0.4, 0.5) is 0 Å². The maximum atomic E-state index is 5.01. The van der Waals surface area contributed by atoms with Crippen molar-refractivity contribution < 1.29 is 4.74 Å². The number of hydrogen-bond acceptors (Lipinski definition) is 5. The van der Waals surface area contributed by atoms with Crippen LogP contribution in [-0.4, -0.2) is 59.1 Å². The SMILES string of the molecule is COc1cnc(CN2C3CC2CN(C)C3)cn1. The standard InChI is InChI=1S/C12H18N4O/c1-15-7-10-3-11(8-15)16(10)6-9-4-14-12(17-2)5-13-9/h4-5,10-11H,3,6-8H2,1-2H3. The molecule has 2 fully saturated rings. The van der Waals surface area contributed by atoms with Gasteiger partial charge >= 0.3 is 0 Å². The van der Waals surface area contributed by atoms with E-state index < -0.39 is 0 Å². The second-order valence-corrected chi connectivity index (χ2v) is 4.99. The predicted molar refractivity (Wildman–Crippen MR) is 63.8 cm³/mol. The Morgan fingerprint density at radius 1 is 1.29 bits per heavy atom. The largest absolute Gasteiger partial charge is 0.480 e. The van der Waals surface area contributed by atoms with Crippen molar-refractivity contribution in [3.05, 3.63) is 18.1 Å². The summed E-state index contributed by atoms with van der Waals surface area (Å²) >= 11 is 0. The van der Waals surface area contributed by atoms with Gasteiger partial charge in [-0.25, -0.2) is 4.98 Å². The van der Waals surface area contributed by atoms with Crippen molar-refractivity contribution in [1.82, 2.24) is 19.8 Å². The van der Waals surface area contributed by atoms with Gasteiger partial charge in [-0.3, -0.25) is 9.88 Å². The summed E-state index contributed by atoms with van der Waals surface area (Å²) in [5.74, 6) is 0.581. The Morgan fingerprint density at radius 2 is 2.06 bits per heavy atom. The Balaban J connectivity index is 1.64. The predicted octanol–water partition coefficient (Wildman–Crippen LogP) is 0.373. The number of likely N-dealkylation sites (N-methyl/N-ethyl adjacent to an activating group) is 1. The number of methoxy groups -OCH3 is 1.